The highest BCUT2D eigenvalue weighted by Gasteiger charge is 2.37. The first-order valence-corrected chi connectivity index (χ1v) is 7.15. The van der Waals surface area contributed by atoms with Crippen molar-refractivity contribution in [1.82, 2.24) is 4.00 Å². The number of quaternary nitrogens is 1. The predicted molar refractivity (Wildman–Crippen MR) is 85.9 cm³/mol. The van der Waals surface area contributed by atoms with Crippen molar-refractivity contribution in [2.45, 2.75) is 0 Å². The molecule has 0 radical (unpaired) electrons. The van der Waals surface area contributed by atoms with Crippen LogP contribution in [0.5, 0.6) is 0 Å². The number of carbonyl (C=O) groups excluding carboxylic acids is 2. The zero-order valence-electron chi connectivity index (χ0n) is 11.7. The predicted octanol–water partition coefficient (Wildman–Crippen LogP) is 4.16. The Morgan fingerprint density at radius 1 is 1.14 bits per heavy atom. The lowest BCUT2D eigenvalue weighted by Crippen LogP contribution is -2.43. The zero-order chi connectivity index (χ0) is 16.3. The molecule has 0 bridgehead atoms. The van der Waals surface area contributed by atoms with Crippen molar-refractivity contribution < 1.29 is 14.0 Å². The Morgan fingerprint density at radius 2 is 1.77 bits per heavy atom. The summed E-state index contributed by atoms with van der Waals surface area (Å²) < 4.78 is 11.9. The third-order valence-corrected chi connectivity index (χ3v) is 3.88. The standard InChI is InChI=1S/C16H13Cl2FNO2/c1-20(18,15(21)10-19)14-8-7-12(17)9-13(14)16(22)11-5-3-2-4-6-11/h2-9H,10H2,1H3/q+1. The molecule has 1 atom stereocenters. The second kappa shape index (κ2) is 6.57. The maximum absolute atomic E-state index is 12.7. The van der Waals surface area contributed by atoms with Gasteiger partial charge in [0.05, 0.1) is 12.6 Å². The second-order valence-corrected chi connectivity index (χ2v) is 5.89. The first kappa shape index (κ1) is 16.6. The van der Waals surface area contributed by atoms with E-state index in [9.17, 15) is 14.0 Å². The summed E-state index contributed by atoms with van der Waals surface area (Å²) >= 11 is 12.1. The molecule has 1 unspecified atom stereocenters. The molecule has 0 saturated heterocycles. The highest BCUT2D eigenvalue weighted by molar-refractivity contribution is 6.34. The van der Waals surface area contributed by atoms with Crippen molar-refractivity contribution in [3.8, 4) is 0 Å². The number of hydrogen-bond donors (Lipinski definition) is 0. The molecule has 0 N–H and O–H groups in total. The van der Waals surface area contributed by atoms with Gasteiger partial charge in [0.1, 0.15) is 0 Å². The molecule has 0 fully saturated rings. The molecular weight excluding hydrogens is 328 g/mol. The van der Waals surface area contributed by atoms with Gasteiger partial charge in [-0.15, -0.1) is 4.00 Å². The summed E-state index contributed by atoms with van der Waals surface area (Å²) in [7, 11) is 1.31. The quantitative estimate of drug-likeness (QED) is 0.618. The van der Waals surface area contributed by atoms with Crippen molar-refractivity contribution >= 4 is 40.8 Å². The van der Waals surface area contributed by atoms with Gasteiger partial charge in [-0.05, 0) is 12.1 Å². The van der Waals surface area contributed by atoms with E-state index in [2.05, 4.69) is 0 Å². The third kappa shape index (κ3) is 3.19. The van der Waals surface area contributed by atoms with Crippen molar-refractivity contribution in [2.24, 2.45) is 0 Å². The maximum atomic E-state index is 12.7. The van der Waals surface area contributed by atoms with Crippen molar-refractivity contribution in [1.29, 1.82) is 0 Å². The molecule has 6 heteroatoms. The van der Waals surface area contributed by atoms with E-state index < -0.39 is 16.6 Å². The summed E-state index contributed by atoms with van der Waals surface area (Å²) in [5.41, 5.74) is 0.774. The number of amides is 1. The highest BCUT2D eigenvalue weighted by atomic mass is 35.5. The molecule has 2 aromatic rings. The van der Waals surface area contributed by atoms with Gasteiger partial charge in [-0.2, -0.15) is 0 Å². The van der Waals surface area contributed by atoms with Gasteiger partial charge in [-0.25, -0.2) is 9.18 Å². The van der Waals surface area contributed by atoms with Gasteiger partial charge in [0.25, 0.3) is 0 Å². The van der Waals surface area contributed by atoms with Gasteiger partial charge < -0.3 is 0 Å². The first-order valence-electron chi connectivity index (χ1n) is 6.43. The maximum Gasteiger partial charge on any atom is 0.367 e. The first-order chi connectivity index (χ1) is 10.4. The van der Waals surface area contributed by atoms with Gasteiger partial charge in [-0.1, -0.05) is 41.9 Å². The van der Waals surface area contributed by atoms with Crippen LogP contribution in [0, 0.1) is 0 Å². The molecule has 0 heterocycles. The SMILES string of the molecule is C[N+](Cl)(C(=O)CF)c1ccc(Cl)cc1C(=O)c1ccccc1. The zero-order valence-corrected chi connectivity index (χ0v) is 13.2. The molecular formula is C16H13Cl2FNO2+. The fraction of sp³-hybridized carbons (Fsp3) is 0.125. The van der Waals surface area contributed by atoms with E-state index in [-0.39, 0.29) is 17.0 Å². The largest absolute Gasteiger partial charge is 0.367 e. The molecule has 0 aliphatic heterocycles. The van der Waals surface area contributed by atoms with E-state index in [4.69, 9.17) is 23.4 Å². The molecule has 0 aromatic heterocycles. The van der Waals surface area contributed by atoms with E-state index in [0.29, 0.717) is 10.6 Å². The number of rotatable bonds is 4. The summed E-state index contributed by atoms with van der Waals surface area (Å²) in [6.07, 6.45) is 0. The Bertz CT molecular complexity index is 717. The fourth-order valence-corrected chi connectivity index (χ4v) is 2.41. The van der Waals surface area contributed by atoms with Crippen LogP contribution in [0.3, 0.4) is 0 Å². The van der Waals surface area contributed by atoms with Crippen LogP contribution >= 0.6 is 23.4 Å². The van der Waals surface area contributed by atoms with Crippen molar-refractivity contribution in [2.75, 3.05) is 13.7 Å². The van der Waals surface area contributed by atoms with Crippen molar-refractivity contribution in [3.63, 3.8) is 0 Å². The third-order valence-electron chi connectivity index (χ3n) is 3.27. The van der Waals surface area contributed by atoms with Gasteiger partial charge in [0.2, 0.25) is 6.67 Å². The minimum Gasteiger partial charge on any atom is -0.288 e. The lowest BCUT2D eigenvalue weighted by atomic mass is 10.0. The van der Waals surface area contributed by atoms with E-state index in [0.717, 1.165) is 0 Å². The molecule has 22 heavy (non-hydrogen) atoms. The monoisotopic (exact) mass is 340 g/mol. The van der Waals surface area contributed by atoms with Crippen LogP contribution in [0.4, 0.5) is 10.1 Å². The van der Waals surface area contributed by atoms with Gasteiger partial charge >= 0.3 is 5.91 Å². The summed E-state index contributed by atoms with van der Waals surface area (Å²) in [5.74, 6) is -1.21. The lowest BCUT2D eigenvalue weighted by molar-refractivity contribution is -0.126. The van der Waals surface area contributed by atoms with E-state index in [1.807, 2.05) is 0 Å². The summed E-state index contributed by atoms with van der Waals surface area (Å²) in [4.78, 5) is 24.4. The van der Waals surface area contributed by atoms with Crippen LogP contribution in [0.2, 0.25) is 5.02 Å². The average Bonchev–Trinajstić information content (AvgIpc) is 2.53. The Kier molecular flexibility index (Phi) is 4.96. The van der Waals surface area contributed by atoms with Crippen LogP contribution in [0.15, 0.2) is 48.5 Å². The Morgan fingerprint density at radius 3 is 2.36 bits per heavy atom. The van der Waals surface area contributed by atoms with E-state index >= 15 is 0 Å². The summed E-state index contributed by atoms with van der Waals surface area (Å²) in [6, 6.07) is 12.9. The van der Waals surface area contributed by atoms with Crippen LogP contribution in [-0.2, 0) is 4.79 Å². The number of carbonyl (C=O) groups is 2. The molecule has 0 saturated carbocycles. The molecule has 0 aliphatic rings. The van der Waals surface area contributed by atoms with Crippen LogP contribution < -0.4 is 4.00 Å². The number of benzene rings is 2. The van der Waals surface area contributed by atoms with Crippen LogP contribution in [-0.4, -0.2) is 25.4 Å². The van der Waals surface area contributed by atoms with E-state index in [1.54, 1.807) is 30.3 Å². The van der Waals surface area contributed by atoms with Crippen LogP contribution in [0.1, 0.15) is 15.9 Å². The number of alkyl halides is 1. The molecule has 2 rings (SSSR count). The second-order valence-electron chi connectivity index (χ2n) is 4.78. The molecule has 2 aromatic carbocycles. The molecule has 3 nitrogen and oxygen atoms in total. The van der Waals surface area contributed by atoms with Gasteiger partial charge in [-0.3, -0.25) is 4.79 Å². The van der Waals surface area contributed by atoms with Gasteiger partial charge in [0, 0.05) is 16.7 Å². The number of hydrogen-bond acceptors (Lipinski definition) is 2. The fourth-order valence-electron chi connectivity index (χ4n) is 2.05. The Hall–Kier alpha value is -1.75. The molecule has 0 spiro atoms. The minimum atomic E-state index is -1.23. The number of halogens is 3. The number of nitrogens with zero attached hydrogens (tertiary/aromatic N) is 1. The van der Waals surface area contributed by atoms with E-state index in [1.165, 1.54) is 25.2 Å². The normalized spacial score (nSPS) is 13.5. The smallest absolute Gasteiger partial charge is 0.288 e. The van der Waals surface area contributed by atoms with Crippen LogP contribution in [0.25, 0.3) is 0 Å². The molecule has 1 amide bonds. The van der Waals surface area contributed by atoms with Gasteiger partial charge in [0.15, 0.2) is 23.2 Å². The Balaban J connectivity index is 2.59. The van der Waals surface area contributed by atoms with Crippen molar-refractivity contribution in [3.05, 3.63) is 64.7 Å². The minimum absolute atomic E-state index is 0.165. The average molecular weight is 341 g/mol. The topological polar surface area (TPSA) is 34.1 Å². The number of ketones is 1. The lowest BCUT2D eigenvalue weighted by Gasteiger charge is -2.22. The summed E-state index contributed by atoms with van der Waals surface area (Å²) in [5, 5.41) is 0.326. The highest BCUT2D eigenvalue weighted by Crippen LogP contribution is 2.32. The Labute approximate surface area is 137 Å². The molecule has 0 aliphatic carbocycles. The summed E-state index contributed by atoms with van der Waals surface area (Å²) in [6.45, 7) is -1.23. The molecule has 114 valence electrons.